The first-order chi connectivity index (χ1) is 8.72. The van der Waals surface area contributed by atoms with Gasteiger partial charge in [0.05, 0.1) is 7.11 Å². The number of aliphatic hydroxyl groups excluding tert-OH is 1. The van der Waals surface area contributed by atoms with Crippen LogP contribution >= 0.6 is 0 Å². The van der Waals surface area contributed by atoms with E-state index < -0.39 is 12.2 Å². The van der Waals surface area contributed by atoms with Gasteiger partial charge in [-0.2, -0.15) is 0 Å². The zero-order valence-electron chi connectivity index (χ0n) is 11.0. The zero-order chi connectivity index (χ0) is 13.4. The number of benzene rings is 1. The molecule has 0 heterocycles. The molecule has 0 bridgehead atoms. The molecule has 1 N–H and O–H groups in total. The average molecular weight is 252 g/mol. The Balaban J connectivity index is 2.76. The lowest BCUT2D eigenvalue weighted by Crippen LogP contribution is -2.21. The van der Waals surface area contributed by atoms with Gasteiger partial charge in [-0.1, -0.05) is 24.3 Å². The van der Waals surface area contributed by atoms with Crippen LogP contribution in [0.4, 0.5) is 0 Å². The van der Waals surface area contributed by atoms with E-state index in [9.17, 15) is 5.11 Å². The lowest BCUT2D eigenvalue weighted by molar-refractivity contribution is -0.0942. The van der Waals surface area contributed by atoms with Gasteiger partial charge in [-0.3, -0.25) is 0 Å². The third-order valence-electron chi connectivity index (χ3n) is 2.53. The number of rotatable bonds is 7. The molecule has 0 aliphatic rings. The van der Waals surface area contributed by atoms with Gasteiger partial charge in [0.15, 0.2) is 0 Å². The van der Waals surface area contributed by atoms with Gasteiger partial charge in [0.25, 0.3) is 0 Å². The molecular weight excluding hydrogens is 232 g/mol. The fourth-order valence-electron chi connectivity index (χ4n) is 1.58. The summed E-state index contributed by atoms with van der Waals surface area (Å²) < 4.78 is 15.3. The van der Waals surface area contributed by atoms with Crippen LogP contribution in [0.5, 0.6) is 5.75 Å². The molecule has 1 aromatic carbocycles. The fourth-order valence-corrected chi connectivity index (χ4v) is 1.58. The van der Waals surface area contributed by atoms with E-state index in [-0.39, 0.29) is 6.79 Å². The standard InChI is InChI=1S/C14H20O4/c1-4-5-13(18-10-16-2)14(15)11-6-8-12(17-3)9-7-11/h4-9,13-15H,10H2,1-3H3/b5-4+/t13-,14+/m1/s1. The number of hydrogen-bond acceptors (Lipinski definition) is 4. The Labute approximate surface area is 108 Å². The van der Waals surface area contributed by atoms with Crippen molar-refractivity contribution in [3.05, 3.63) is 42.0 Å². The van der Waals surface area contributed by atoms with Crippen LogP contribution in [0.3, 0.4) is 0 Å². The summed E-state index contributed by atoms with van der Waals surface area (Å²) in [5, 5.41) is 10.2. The highest BCUT2D eigenvalue weighted by atomic mass is 16.7. The summed E-state index contributed by atoms with van der Waals surface area (Å²) in [7, 11) is 3.16. The smallest absolute Gasteiger partial charge is 0.147 e. The SMILES string of the molecule is C/C=C/[C@@H](OCOC)[C@@H](O)c1ccc(OC)cc1. The van der Waals surface area contributed by atoms with E-state index in [1.165, 1.54) is 0 Å². The Hall–Kier alpha value is -1.36. The van der Waals surface area contributed by atoms with Crippen molar-refractivity contribution in [2.75, 3.05) is 21.0 Å². The minimum Gasteiger partial charge on any atom is -0.497 e. The quantitative estimate of drug-likeness (QED) is 0.597. The van der Waals surface area contributed by atoms with Crippen LogP contribution in [0.2, 0.25) is 0 Å². The van der Waals surface area contributed by atoms with Crippen LogP contribution in [0, 0.1) is 0 Å². The molecule has 0 radical (unpaired) electrons. The summed E-state index contributed by atoms with van der Waals surface area (Å²) in [6, 6.07) is 7.25. The Bertz CT molecular complexity index is 359. The molecule has 0 saturated heterocycles. The van der Waals surface area contributed by atoms with Crippen molar-refractivity contribution in [3.8, 4) is 5.75 Å². The highest BCUT2D eigenvalue weighted by molar-refractivity contribution is 5.29. The van der Waals surface area contributed by atoms with E-state index in [4.69, 9.17) is 14.2 Å². The van der Waals surface area contributed by atoms with Crippen LogP contribution in [-0.2, 0) is 9.47 Å². The monoisotopic (exact) mass is 252 g/mol. The molecular formula is C14H20O4. The maximum atomic E-state index is 10.2. The van der Waals surface area contributed by atoms with Gasteiger partial charge in [-0.05, 0) is 24.6 Å². The van der Waals surface area contributed by atoms with Gasteiger partial charge in [0.1, 0.15) is 24.8 Å². The van der Waals surface area contributed by atoms with Gasteiger partial charge in [-0.25, -0.2) is 0 Å². The number of aliphatic hydroxyl groups is 1. The van der Waals surface area contributed by atoms with Crippen molar-refractivity contribution in [1.82, 2.24) is 0 Å². The van der Waals surface area contributed by atoms with E-state index in [1.54, 1.807) is 20.3 Å². The summed E-state index contributed by atoms with van der Waals surface area (Å²) >= 11 is 0. The molecule has 4 nitrogen and oxygen atoms in total. The molecule has 1 aromatic rings. The van der Waals surface area contributed by atoms with Crippen molar-refractivity contribution >= 4 is 0 Å². The van der Waals surface area contributed by atoms with Crippen LogP contribution in [0.25, 0.3) is 0 Å². The van der Waals surface area contributed by atoms with Crippen molar-refractivity contribution < 1.29 is 19.3 Å². The maximum Gasteiger partial charge on any atom is 0.147 e. The van der Waals surface area contributed by atoms with Crippen LogP contribution in [0.1, 0.15) is 18.6 Å². The fraction of sp³-hybridized carbons (Fsp3) is 0.429. The molecule has 0 fully saturated rings. The molecule has 0 aliphatic carbocycles. The first kappa shape index (κ1) is 14.7. The molecule has 100 valence electrons. The molecule has 0 aromatic heterocycles. The summed E-state index contributed by atoms with van der Waals surface area (Å²) in [4.78, 5) is 0. The summed E-state index contributed by atoms with van der Waals surface area (Å²) in [6.45, 7) is 2.02. The molecule has 0 amide bonds. The van der Waals surface area contributed by atoms with Gasteiger partial charge >= 0.3 is 0 Å². The van der Waals surface area contributed by atoms with Crippen molar-refractivity contribution in [2.24, 2.45) is 0 Å². The summed E-state index contributed by atoms with van der Waals surface area (Å²) in [5.74, 6) is 0.756. The molecule has 0 unspecified atom stereocenters. The number of methoxy groups -OCH3 is 2. The molecule has 18 heavy (non-hydrogen) atoms. The topological polar surface area (TPSA) is 47.9 Å². The third-order valence-corrected chi connectivity index (χ3v) is 2.53. The predicted molar refractivity (Wildman–Crippen MR) is 69.5 cm³/mol. The minimum absolute atomic E-state index is 0.141. The molecule has 2 atom stereocenters. The van der Waals surface area contributed by atoms with Gasteiger partial charge in [0.2, 0.25) is 0 Å². The number of allylic oxidation sites excluding steroid dienone is 1. The maximum absolute atomic E-state index is 10.2. The Kier molecular flexibility index (Phi) is 6.43. The van der Waals surface area contributed by atoms with E-state index in [2.05, 4.69) is 0 Å². The minimum atomic E-state index is -0.734. The van der Waals surface area contributed by atoms with Gasteiger partial charge in [0, 0.05) is 7.11 Å². The zero-order valence-corrected chi connectivity index (χ0v) is 11.0. The summed E-state index contributed by atoms with van der Waals surface area (Å²) in [6.07, 6.45) is 2.48. The third kappa shape index (κ3) is 4.14. The van der Waals surface area contributed by atoms with Crippen molar-refractivity contribution in [2.45, 2.75) is 19.1 Å². The second kappa shape index (κ2) is 7.87. The molecule has 0 spiro atoms. The first-order valence-corrected chi connectivity index (χ1v) is 5.78. The lowest BCUT2D eigenvalue weighted by Gasteiger charge is -2.20. The van der Waals surface area contributed by atoms with E-state index in [1.807, 2.05) is 37.3 Å². The second-order valence-corrected chi connectivity index (χ2v) is 3.78. The normalized spacial score (nSPS) is 14.7. The van der Waals surface area contributed by atoms with Gasteiger partial charge < -0.3 is 19.3 Å². The molecule has 4 heteroatoms. The Morgan fingerprint density at radius 3 is 2.39 bits per heavy atom. The van der Waals surface area contributed by atoms with E-state index in [0.717, 1.165) is 11.3 Å². The van der Waals surface area contributed by atoms with Crippen molar-refractivity contribution in [3.63, 3.8) is 0 Å². The predicted octanol–water partition coefficient (Wildman–Crippen LogP) is 2.29. The van der Waals surface area contributed by atoms with Crippen LogP contribution in [-0.4, -0.2) is 32.2 Å². The molecule has 0 aliphatic heterocycles. The lowest BCUT2D eigenvalue weighted by atomic mass is 10.0. The Morgan fingerprint density at radius 1 is 1.22 bits per heavy atom. The average Bonchev–Trinajstić information content (AvgIpc) is 2.43. The van der Waals surface area contributed by atoms with Crippen LogP contribution < -0.4 is 4.74 Å². The largest absolute Gasteiger partial charge is 0.497 e. The highest BCUT2D eigenvalue weighted by Crippen LogP contribution is 2.22. The van der Waals surface area contributed by atoms with E-state index in [0.29, 0.717) is 0 Å². The van der Waals surface area contributed by atoms with Crippen molar-refractivity contribution in [1.29, 1.82) is 0 Å². The highest BCUT2D eigenvalue weighted by Gasteiger charge is 2.18. The molecule has 1 rings (SSSR count). The Morgan fingerprint density at radius 2 is 1.89 bits per heavy atom. The number of ether oxygens (including phenoxy) is 3. The first-order valence-electron chi connectivity index (χ1n) is 5.78. The molecule has 0 saturated carbocycles. The second-order valence-electron chi connectivity index (χ2n) is 3.78. The van der Waals surface area contributed by atoms with E-state index >= 15 is 0 Å². The summed E-state index contributed by atoms with van der Waals surface area (Å²) in [5.41, 5.74) is 0.773. The van der Waals surface area contributed by atoms with Crippen LogP contribution in [0.15, 0.2) is 36.4 Å². The van der Waals surface area contributed by atoms with Gasteiger partial charge in [-0.15, -0.1) is 0 Å². The number of hydrogen-bond donors (Lipinski definition) is 1.